The number of hydrogen-bond acceptors (Lipinski definition) is 0. The van der Waals surface area contributed by atoms with Gasteiger partial charge in [-0.3, -0.25) is 0 Å². The SMILES string of the molecule is CCCC(C)(CC)c1ccc(CCl)cc1. The predicted molar refractivity (Wildman–Crippen MR) is 68.6 cm³/mol. The van der Waals surface area contributed by atoms with Crippen LogP contribution in [0.25, 0.3) is 0 Å². The van der Waals surface area contributed by atoms with Crippen LogP contribution in [0.1, 0.15) is 51.2 Å². The van der Waals surface area contributed by atoms with Crippen molar-refractivity contribution in [2.75, 3.05) is 0 Å². The lowest BCUT2D eigenvalue weighted by Gasteiger charge is -2.28. The van der Waals surface area contributed by atoms with Gasteiger partial charge in [-0.25, -0.2) is 0 Å². The van der Waals surface area contributed by atoms with E-state index in [4.69, 9.17) is 11.6 Å². The summed E-state index contributed by atoms with van der Waals surface area (Å²) < 4.78 is 0. The van der Waals surface area contributed by atoms with E-state index in [9.17, 15) is 0 Å². The Balaban J connectivity index is 2.92. The van der Waals surface area contributed by atoms with E-state index >= 15 is 0 Å². The van der Waals surface area contributed by atoms with Gasteiger partial charge in [0, 0.05) is 5.88 Å². The monoisotopic (exact) mass is 224 g/mol. The number of alkyl halides is 1. The van der Waals surface area contributed by atoms with Crippen LogP contribution in [-0.4, -0.2) is 0 Å². The van der Waals surface area contributed by atoms with Crippen LogP contribution in [0.3, 0.4) is 0 Å². The van der Waals surface area contributed by atoms with E-state index in [-0.39, 0.29) is 0 Å². The van der Waals surface area contributed by atoms with Gasteiger partial charge in [-0.15, -0.1) is 11.6 Å². The molecule has 0 aliphatic carbocycles. The first-order valence-corrected chi connectivity index (χ1v) is 6.35. The normalized spacial score (nSPS) is 14.9. The summed E-state index contributed by atoms with van der Waals surface area (Å²) in [5, 5.41) is 0. The van der Waals surface area contributed by atoms with Gasteiger partial charge in [0.25, 0.3) is 0 Å². The first kappa shape index (κ1) is 12.6. The molecule has 1 rings (SSSR count). The summed E-state index contributed by atoms with van der Waals surface area (Å²) in [4.78, 5) is 0. The fourth-order valence-electron chi connectivity index (χ4n) is 2.07. The van der Waals surface area contributed by atoms with Crippen molar-refractivity contribution in [1.82, 2.24) is 0 Å². The molecule has 0 aliphatic heterocycles. The summed E-state index contributed by atoms with van der Waals surface area (Å²) in [5.74, 6) is 0.608. The number of halogens is 1. The number of benzene rings is 1. The van der Waals surface area contributed by atoms with Gasteiger partial charge in [-0.1, -0.05) is 51.5 Å². The van der Waals surface area contributed by atoms with Gasteiger partial charge in [0.15, 0.2) is 0 Å². The summed E-state index contributed by atoms with van der Waals surface area (Å²) in [6.45, 7) is 6.87. The van der Waals surface area contributed by atoms with Crippen LogP contribution in [-0.2, 0) is 11.3 Å². The van der Waals surface area contributed by atoms with Crippen LogP contribution in [0.5, 0.6) is 0 Å². The molecule has 0 radical (unpaired) electrons. The Morgan fingerprint density at radius 2 is 1.73 bits per heavy atom. The Hall–Kier alpha value is -0.490. The van der Waals surface area contributed by atoms with Gasteiger partial charge in [0.1, 0.15) is 0 Å². The van der Waals surface area contributed by atoms with Crippen molar-refractivity contribution in [2.45, 2.75) is 51.3 Å². The highest BCUT2D eigenvalue weighted by Crippen LogP contribution is 2.32. The average Bonchev–Trinajstić information content (AvgIpc) is 2.29. The quantitative estimate of drug-likeness (QED) is 0.625. The Morgan fingerprint density at radius 3 is 2.13 bits per heavy atom. The minimum atomic E-state index is 0.333. The van der Waals surface area contributed by atoms with E-state index in [1.54, 1.807) is 0 Å². The van der Waals surface area contributed by atoms with Gasteiger partial charge in [-0.05, 0) is 29.4 Å². The molecule has 1 aromatic rings. The standard InChI is InChI=1S/C14H21Cl/c1-4-10-14(3,5-2)13-8-6-12(11-15)7-9-13/h6-9H,4-5,10-11H2,1-3H3. The molecular formula is C14H21Cl. The third kappa shape index (κ3) is 2.98. The summed E-state index contributed by atoms with van der Waals surface area (Å²) >= 11 is 5.79. The Kier molecular flexibility index (Phi) is 4.66. The Morgan fingerprint density at radius 1 is 1.13 bits per heavy atom. The van der Waals surface area contributed by atoms with Crippen molar-refractivity contribution in [3.63, 3.8) is 0 Å². The number of hydrogen-bond donors (Lipinski definition) is 0. The third-order valence-corrected chi connectivity index (χ3v) is 3.70. The van der Waals surface area contributed by atoms with Gasteiger partial charge < -0.3 is 0 Å². The minimum absolute atomic E-state index is 0.333. The van der Waals surface area contributed by atoms with Gasteiger partial charge in [-0.2, -0.15) is 0 Å². The van der Waals surface area contributed by atoms with E-state index in [1.165, 1.54) is 30.4 Å². The zero-order valence-corrected chi connectivity index (χ0v) is 10.8. The molecule has 1 aromatic carbocycles. The van der Waals surface area contributed by atoms with Crippen molar-refractivity contribution in [3.05, 3.63) is 35.4 Å². The highest BCUT2D eigenvalue weighted by atomic mass is 35.5. The maximum Gasteiger partial charge on any atom is 0.0474 e. The fourth-order valence-corrected chi connectivity index (χ4v) is 2.25. The lowest BCUT2D eigenvalue weighted by molar-refractivity contribution is 0.414. The second-order valence-corrected chi connectivity index (χ2v) is 4.76. The molecule has 0 saturated heterocycles. The molecule has 0 heterocycles. The molecule has 0 amide bonds. The molecule has 84 valence electrons. The molecule has 0 nitrogen and oxygen atoms in total. The highest BCUT2D eigenvalue weighted by Gasteiger charge is 2.22. The third-order valence-electron chi connectivity index (χ3n) is 3.39. The van der Waals surface area contributed by atoms with E-state index in [2.05, 4.69) is 45.0 Å². The molecule has 0 bridgehead atoms. The summed E-state index contributed by atoms with van der Waals surface area (Å²) in [7, 11) is 0. The molecule has 1 heteroatoms. The lowest BCUT2D eigenvalue weighted by Crippen LogP contribution is -2.20. The molecule has 1 atom stereocenters. The van der Waals surface area contributed by atoms with Gasteiger partial charge >= 0.3 is 0 Å². The van der Waals surface area contributed by atoms with Crippen molar-refractivity contribution < 1.29 is 0 Å². The minimum Gasteiger partial charge on any atom is -0.122 e. The molecular weight excluding hydrogens is 204 g/mol. The molecule has 0 aliphatic rings. The number of rotatable bonds is 5. The summed E-state index contributed by atoms with van der Waals surface area (Å²) in [6, 6.07) is 8.76. The maximum absolute atomic E-state index is 5.79. The zero-order chi connectivity index (χ0) is 11.3. The maximum atomic E-state index is 5.79. The van der Waals surface area contributed by atoms with Crippen LogP contribution in [0, 0.1) is 0 Å². The first-order chi connectivity index (χ1) is 7.16. The zero-order valence-electron chi connectivity index (χ0n) is 10.0. The van der Waals surface area contributed by atoms with Crippen LogP contribution in [0.15, 0.2) is 24.3 Å². The molecule has 0 N–H and O–H groups in total. The second-order valence-electron chi connectivity index (χ2n) is 4.49. The van der Waals surface area contributed by atoms with E-state index in [0.29, 0.717) is 11.3 Å². The molecule has 0 aromatic heterocycles. The molecule has 0 spiro atoms. The van der Waals surface area contributed by atoms with Gasteiger partial charge in [0.05, 0.1) is 0 Å². The smallest absolute Gasteiger partial charge is 0.0474 e. The van der Waals surface area contributed by atoms with E-state index in [0.717, 1.165) is 0 Å². The molecule has 0 saturated carbocycles. The molecule has 15 heavy (non-hydrogen) atoms. The first-order valence-electron chi connectivity index (χ1n) is 5.81. The second kappa shape index (κ2) is 5.55. The van der Waals surface area contributed by atoms with E-state index in [1.807, 2.05) is 0 Å². The lowest BCUT2D eigenvalue weighted by atomic mass is 9.76. The van der Waals surface area contributed by atoms with Crippen LogP contribution in [0.4, 0.5) is 0 Å². The fraction of sp³-hybridized carbons (Fsp3) is 0.571. The Labute approximate surface area is 98.7 Å². The van der Waals surface area contributed by atoms with Crippen LogP contribution < -0.4 is 0 Å². The Bertz CT molecular complexity index is 289. The van der Waals surface area contributed by atoms with Gasteiger partial charge in [0.2, 0.25) is 0 Å². The predicted octanol–water partition coefficient (Wildman–Crippen LogP) is 4.89. The highest BCUT2D eigenvalue weighted by molar-refractivity contribution is 6.17. The molecule has 1 unspecified atom stereocenters. The molecule has 0 fully saturated rings. The van der Waals surface area contributed by atoms with E-state index < -0.39 is 0 Å². The summed E-state index contributed by atoms with van der Waals surface area (Å²) in [5.41, 5.74) is 2.98. The van der Waals surface area contributed by atoms with Crippen molar-refractivity contribution in [1.29, 1.82) is 0 Å². The van der Waals surface area contributed by atoms with Crippen LogP contribution in [0.2, 0.25) is 0 Å². The summed E-state index contributed by atoms with van der Waals surface area (Å²) in [6.07, 6.45) is 3.69. The largest absolute Gasteiger partial charge is 0.122 e. The van der Waals surface area contributed by atoms with Crippen molar-refractivity contribution >= 4 is 11.6 Å². The van der Waals surface area contributed by atoms with Crippen molar-refractivity contribution in [3.8, 4) is 0 Å². The van der Waals surface area contributed by atoms with Crippen LogP contribution >= 0.6 is 11.6 Å². The van der Waals surface area contributed by atoms with Crippen molar-refractivity contribution in [2.24, 2.45) is 0 Å². The average molecular weight is 225 g/mol. The topological polar surface area (TPSA) is 0 Å².